The van der Waals surface area contributed by atoms with Crippen LogP contribution < -0.4 is 14.9 Å². The van der Waals surface area contributed by atoms with Gasteiger partial charge in [0.25, 0.3) is 0 Å². The summed E-state index contributed by atoms with van der Waals surface area (Å²) in [6.45, 7) is 4.64. The van der Waals surface area contributed by atoms with E-state index in [9.17, 15) is 15.5 Å². The van der Waals surface area contributed by atoms with Gasteiger partial charge in [0.2, 0.25) is 11.8 Å². The second kappa shape index (κ2) is 8.72. The Bertz CT molecular complexity index is 952. The van der Waals surface area contributed by atoms with E-state index in [1.807, 2.05) is 26.0 Å². The number of hydrogen-bond donors (Lipinski definition) is 1. The lowest BCUT2D eigenvalue weighted by molar-refractivity contribution is 0.0541. The fraction of sp³-hybridized carbons (Fsp3) is 0.316. The summed E-state index contributed by atoms with van der Waals surface area (Å²) in [5.74, 6) is 0.531. The Balaban J connectivity index is 1.83. The fourth-order valence-corrected chi connectivity index (χ4v) is 2.63. The van der Waals surface area contributed by atoms with Gasteiger partial charge in [0.05, 0.1) is 19.3 Å². The average molecular weight is 379 g/mol. The van der Waals surface area contributed by atoms with Crippen LogP contribution in [0.15, 0.2) is 24.3 Å². The fourth-order valence-electron chi connectivity index (χ4n) is 2.63. The van der Waals surface area contributed by atoms with Gasteiger partial charge in [-0.3, -0.25) is 0 Å². The quantitative estimate of drug-likeness (QED) is 0.570. The first kappa shape index (κ1) is 19.7. The van der Waals surface area contributed by atoms with Gasteiger partial charge in [-0.2, -0.15) is 15.5 Å². The molecule has 0 amide bonds. The maximum absolute atomic E-state index is 9.70. The summed E-state index contributed by atoms with van der Waals surface area (Å²) in [6, 6.07) is 10.4. The number of hydrogen-bond acceptors (Lipinski definition) is 8. The van der Waals surface area contributed by atoms with Gasteiger partial charge in [-0.1, -0.05) is 6.07 Å². The molecule has 0 atom stereocenters. The molecule has 0 saturated carbocycles. The third-order valence-corrected chi connectivity index (χ3v) is 3.96. The van der Waals surface area contributed by atoms with Gasteiger partial charge >= 0.3 is 7.12 Å². The Morgan fingerprint density at radius 1 is 1.18 bits per heavy atom. The van der Waals surface area contributed by atoms with E-state index < -0.39 is 7.12 Å². The highest BCUT2D eigenvalue weighted by Crippen LogP contribution is 2.29. The third kappa shape index (κ3) is 4.41. The summed E-state index contributed by atoms with van der Waals surface area (Å²) in [4.78, 5) is 4.21. The largest absolute Gasteiger partial charge is 0.491 e. The number of nitriles is 2. The molecule has 0 spiro atoms. The van der Waals surface area contributed by atoms with Gasteiger partial charge in [-0.05, 0) is 43.1 Å². The summed E-state index contributed by atoms with van der Waals surface area (Å²) in [6.07, 6.45) is 0.0640. The first-order valence-corrected chi connectivity index (χ1v) is 8.71. The molecule has 142 valence electrons. The van der Waals surface area contributed by atoms with Crippen molar-refractivity contribution in [2.75, 3.05) is 13.2 Å². The molecule has 2 aromatic rings. The lowest BCUT2D eigenvalue weighted by atomic mass is 9.80. The van der Waals surface area contributed by atoms with Crippen LogP contribution in [0.3, 0.4) is 0 Å². The number of nitrogens with zero attached hydrogens (tertiary/aromatic N) is 3. The van der Waals surface area contributed by atoms with Crippen molar-refractivity contribution in [1.29, 1.82) is 10.5 Å². The molecule has 1 aromatic carbocycles. The van der Waals surface area contributed by atoms with Crippen molar-refractivity contribution >= 4 is 12.6 Å². The van der Waals surface area contributed by atoms with Crippen LogP contribution in [-0.4, -0.2) is 36.4 Å². The molecule has 0 unspecified atom stereocenters. The van der Waals surface area contributed by atoms with Crippen molar-refractivity contribution in [2.45, 2.75) is 26.6 Å². The Morgan fingerprint density at radius 2 is 1.93 bits per heavy atom. The lowest BCUT2D eigenvalue weighted by Crippen LogP contribution is -2.27. The molecule has 0 radical (unpaired) electrons. The van der Waals surface area contributed by atoms with Gasteiger partial charge in [-0.15, -0.1) is 0 Å². The van der Waals surface area contributed by atoms with Crippen LogP contribution in [0, 0.1) is 22.7 Å². The molecule has 0 saturated heterocycles. The predicted octanol–water partition coefficient (Wildman–Crippen LogP) is 1.64. The average Bonchev–Trinajstić information content (AvgIpc) is 3.05. The van der Waals surface area contributed by atoms with E-state index in [1.54, 1.807) is 18.2 Å². The minimum Gasteiger partial charge on any atom is -0.474 e. The van der Waals surface area contributed by atoms with Gasteiger partial charge in [0.15, 0.2) is 0 Å². The van der Waals surface area contributed by atoms with Gasteiger partial charge in [-0.25, -0.2) is 0 Å². The van der Waals surface area contributed by atoms with Crippen LogP contribution in [0.2, 0.25) is 0 Å². The number of ether oxygens (including phenoxy) is 3. The van der Waals surface area contributed by atoms with E-state index in [1.165, 1.54) is 6.07 Å². The minimum absolute atomic E-state index is 0.0284. The van der Waals surface area contributed by atoms with Crippen molar-refractivity contribution < 1.29 is 23.9 Å². The third-order valence-electron chi connectivity index (χ3n) is 3.96. The van der Waals surface area contributed by atoms with Gasteiger partial charge < -0.3 is 23.9 Å². The molecule has 0 fully saturated rings. The molecule has 8 nitrogen and oxygen atoms in total. The summed E-state index contributed by atoms with van der Waals surface area (Å²) >= 11 is 0. The number of rotatable bonds is 7. The second-order valence-electron chi connectivity index (χ2n) is 6.31. The Morgan fingerprint density at radius 3 is 2.64 bits per heavy atom. The Kier molecular flexibility index (Phi) is 6.12. The van der Waals surface area contributed by atoms with E-state index in [4.69, 9.17) is 18.9 Å². The molecule has 3 rings (SSSR count). The highest BCUT2D eigenvalue weighted by molar-refractivity contribution is 6.61. The van der Waals surface area contributed by atoms with Crippen molar-refractivity contribution in [3.05, 3.63) is 41.0 Å². The highest BCUT2D eigenvalue weighted by Gasteiger charge is 2.27. The zero-order valence-electron chi connectivity index (χ0n) is 15.5. The molecular weight excluding hydrogens is 361 g/mol. The van der Waals surface area contributed by atoms with Crippen LogP contribution in [0.25, 0.3) is 0 Å². The summed E-state index contributed by atoms with van der Waals surface area (Å²) in [5.41, 5.74) is 1.72. The number of aromatic nitrogens is 1. The topological polar surface area (TPSA) is 118 Å². The maximum atomic E-state index is 9.70. The normalized spacial score (nSPS) is 12.4. The van der Waals surface area contributed by atoms with Crippen molar-refractivity contribution in [1.82, 2.24) is 4.98 Å². The molecule has 1 aliphatic heterocycles. The van der Waals surface area contributed by atoms with E-state index >= 15 is 0 Å². The zero-order chi connectivity index (χ0) is 20.1. The van der Waals surface area contributed by atoms with Gasteiger partial charge in [0, 0.05) is 0 Å². The summed E-state index contributed by atoms with van der Waals surface area (Å²) in [7, 11) is -0.945. The van der Waals surface area contributed by atoms with Crippen molar-refractivity contribution in [3.63, 3.8) is 0 Å². The standard InChI is InChI=1S/C19H18BN3O5/c1-12(2)25-5-6-26-18-13(9-21)7-14(10-22)19(23-18)28-16-3-4-17-15(8-16)11-27-20(17)24/h3-4,7-8,12,24H,5-6,11H2,1-2H3. The van der Waals surface area contributed by atoms with Crippen LogP contribution in [0.1, 0.15) is 30.5 Å². The number of pyridine rings is 1. The van der Waals surface area contributed by atoms with E-state index in [0.29, 0.717) is 17.8 Å². The van der Waals surface area contributed by atoms with Crippen molar-refractivity contribution in [2.24, 2.45) is 0 Å². The second-order valence-corrected chi connectivity index (χ2v) is 6.31. The van der Waals surface area contributed by atoms with E-state index in [0.717, 1.165) is 5.56 Å². The summed E-state index contributed by atoms with van der Waals surface area (Å²) in [5, 5.41) is 28.4. The summed E-state index contributed by atoms with van der Waals surface area (Å²) < 4.78 is 21.9. The first-order chi connectivity index (χ1) is 13.5. The smallest absolute Gasteiger partial charge is 0.474 e. The Labute approximate surface area is 163 Å². The SMILES string of the molecule is CC(C)OCCOc1nc(Oc2ccc3c(c2)COB3O)c(C#N)cc1C#N. The van der Waals surface area contributed by atoms with Crippen LogP contribution in [-0.2, 0) is 16.0 Å². The minimum atomic E-state index is -0.945. The van der Waals surface area contributed by atoms with Crippen LogP contribution >= 0.6 is 0 Å². The molecular formula is C19H18BN3O5. The molecule has 0 aliphatic carbocycles. The molecule has 0 bridgehead atoms. The number of benzene rings is 1. The molecule has 1 aliphatic rings. The number of fused-ring (bicyclic) bond motifs is 1. The first-order valence-electron chi connectivity index (χ1n) is 8.71. The van der Waals surface area contributed by atoms with Gasteiger partial charge in [0.1, 0.15) is 35.6 Å². The lowest BCUT2D eigenvalue weighted by Gasteiger charge is -2.12. The monoisotopic (exact) mass is 379 g/mol. The van der Waals surface area contributed by atoms with Crippen LogP contribution in [0.4, 0.5) is 0 Å². The highest BCUT2D eigenvalue weighted by atomic mass is 16.5. The molecule has 2 heterocycles. The molecule has 1 aromatic heterocycles. The predicted molar refractivity (Wildman–Crippen MR) is 99.2 cm³/mol. The van der Waals surface area contributed by atoms with E-state index in [2.05, 4.69) is 4.98 Å². The molecule has 9 heteroatoms. The maximum Gasteiger partial charge on any atom is 0.491 e. The van der Waals surface area contributed by atoms with Crippen LogP contribution in [0.5, 0.6) is 17.5 Å². The van der Waals surface area contributed by atoms with Crippen molar-refractivity contribution in [3.8, 4) is 29.6 Å². The molecule has 1 N–H and O–H groups in total. The zero-order valence-corrected chi connectivity index (χ0v) is 15.5. The van der Waals surface area contributed by atoms with E-state index in [-0.39, 0.29) is 42.2 Å². The Hall–Kier alpha value is -3.11. The molecule has 28 heavy (non-hydrogen) atoms.